The normalized spacial score (nSPS) is 19.1. The topological polar surface area (TPSA) is 63.9 Å². The average molecular weight is 444 g/mol. The minimum Gasteiger partial charge on any atom is -0.335 e. The van der Waals surface area contributed by atoms with Crippen molar-refractivity contribution in [3.63, 3.8) is 0 Å². The number of hydrogen-bond acceptors (Lipinski definition) is 4. The number of halogens is 2. The Kier molecular flexibility index (Phi) is 6.35. The molecule has 1 aliphatic heterocycles. The molecule has 2 atom stereocenters. The second kappa shape index (κ2) is 9.14. The lowest BCUT2D eigenvalue weighted by atomic mass is 9.87. The lowest BCUT2D eigenvalue weighted by Crippen LogP contribution is -2.48. The minimum absolute atomic E-state index is 0.0367. The lowest BCUT2D eigenvalue weighted by molar-refractivity contribution is 0.0498. The molecule has 3 aromatic rings. The van der Waals surface area contributed by atoms with Crippen LogP contribution < -0.4 is 0 Å². The molecule has 4 rings (SSSR count). The van der Waals surface area contributed by atoms with Gasteiger partial charge in [-0.05, 0) is 61.9 Å². The van der Waals surface area contributed by atoms with E-state index in [1.54, 1.807) is 36.8 Å². The van der Waals surface area contributed by atoms with Crippen molar-refractivity contribution in [2.45, 2.75) is 38.6 Å². The minimum atomic E-state index is -0.0367. The summed E-state index contributed by atoms with van der Waals surface area (Å²) in [5, 5.41) is 9.53. The molecule has 6 nitrogen and oxygen atoms in total. The second-order valence-electron chi connectivity index (χ2n) is 7.67. The average Bonchev–Trinajstić information content (AvgIpc) is 3.28. The summed E-state index contributed by atoms with van der Waals surface area (Å²) in [6, 6.07) is 9.17. The molecule has 0 aliphatic carbocycles. The Labute approximate surface area is 185 Å². The third-order valence-corrected chi connectivity index (χ3v) is 6.14. The third-order valence-electron chi connectivity index (χ3n) is 5.68. The van der Waals surface area contributed by atoms with Crippen molar-refractivity contribution < 1.29 is 4.79 Å². The molecule has 1 aliphatic rings. The van der Waals surface area contributed by atoms with E-state index in [4.69, 9.17) is 23.2 Å². The van der Waals surface area contributed by atoms with E-state index < -0.39 is 0 Å². The summed E-state index contributed by atoms with van der Waals surface area (Å²) in [6.07, 6.45) is 8.57. The lowest BCUT2D eigenvalue weighted by Gasteiger charge is -2.40. The summed E-state index contributed by atoms with van der Waals surface area (Å²) >= 11 is 12.2. The molecule has 1 saturated heterocycles. The van der Waals surface area contributed by atoms with Crippen LogP contribution in [0.1, 0.15) is 42.2 Å². The Bertz CT molecular complexity index is 1010. The van der Waals surface area contributed by atoms with Crippen LogP contribution in [0.2, 0.25) is 10.0 Å². The Balaban J connectivity index is 1.60. The fourth-order valence-electron chi connectivity index (χ4n) is 4.14. The number of nitrogens with zero attached hydrogens (tertiary/aromatic N) is 5. The van der Waals surface area contributed by atoms with Gasteiger partial charge >= 0.3 is 0 Å². The molecule has 3 heterocycles. The number of hydrogen-bond donors (Lipinski definition) is 0. The maximum atomic E-state index is 13.6. The molecular formula is C22H23Cl2N5O. The molecule has 1 fully saturated rings. The van der Waals surface area contributed by atoms with E-state index in [1.165, 1.54) is 4.80 Å². The van der Waals surface area contributed by atoms with Gasteiger partial charge in [-0.1, -0.05) is 30.1 Å². The molecule has 0 bridgehead atoms. The van der Waals surface area contributed by atoms with E-state index >= 15 is 0 Å². The molecule has 0 N–H and O–H groups in total. The van der Waals surface area contributed by atoms with Crippen LogP contribution >= 0.6 is 23.2 Å². The van der Waals surface area contributed by atoms with Crippen LogP contribution in [0.15, 0.2) is 48.9 Å². The van der Waals surface area contributed by atoms with E-state index in [2.05, 4.69) is 22.1 Å². The van der Waals surface area contributed by atoms with Gasteiger partial charge < -0.3 is 4.90 Å². The van der Waals surface area contributed by atoms with Gasteiger partial charge in [0.1, 0.15) is 0 Å². The first-order chi connectivity index (χ1) is 14.5. The summed E-state index contributed by atoms with van der Waals surface area (Å²) in [5.41, 5.74) is 2.13. The van der Waals surface area contributed by atoms with Crippen molar-refractivity contribution >= 4 is 29.1 Å². The highest BCUT2D eigenvalue weighted by Crippen LogP contribution is 2.30. The molecule has 2 aromatic heterocycles. The van der Waals surface area contributed by atoms with E-state index in [1.807, 2.05) is 17.0 Å². The molecular weight excluding hydrogens is 421 g/mol. The quantitative estimate of drug-likeness (QED) is 0.565. The molecule has 0 radical (unpaired) electrons. The van der Waals surface area contributed by atoms with E-state index in [0.717, 1.165) is 37.9 Å². The van der Waals surface area contributed by atoms with Gasteiger partial charge in [0.25, 0.3) is 5.91 Å². The molecule has 1 amide bonds. The monoisotopic (exact) mass is 443 g/mol. The van der Waals surface area contributed by atoms with Crippen molar-refractivity contribution in [1.82, 2.24) is 24.9 Å². The summed E-state index contributed by atoms with van der Waals surface area (Å²) in [4.78, 5) is 21.5. The fraction of sp³-hybridized carbons (Fsp3) is 0.364. The predicted molar refractivity (Wildman–Crippen MR) is 117 cm³/mol. The zero-order valence-electron chi connectivity index (χ0n) is 16.7. The highest BCUT2D eigenvalue weighted by molar-refractivity contribution is 6.31. The van der Waals surface area contributed by atoms with Crippen LogP contribution in [0, 0.1) is 5.92 Å². The third kappa shape index (κ3) is 4.50. The number of benzene rings is 1. The number of aryl methyl sites for hydroxylation is 1. The van der Waals surface area contributed by atoms with E-state index in [9.17, 15) is 4.79 Å². The van der Waals surface area contributed by atoms with Crippen LogP contribution in [-0.4, -0.2) is 43.4 Å². The van der Waals surface area contributed by atoms with Gasteiger partial charge in [-0.25, -0.2) is 0 Å². The predicted octanol–water partition coefficient (Wildman–Crippen LogP) is 4.84. The highest BCUT2D eigenvalue weighted by Gasteiger charge is 2.33. The molecule has 30 heavy (non-hydrogen) atoms. The van der Waals surface area contributed by atoms with Crippen LogP contribution in [0.5, 0.6) is 0 Å². The molecule has 0 saturated carbocycles. The first-order valence-corrected chi connectivity index (χ1v) is 10.9. The number of piperidine rings is 1. The summed E-state index contributed by atoms with van der Waals surface area (Å²) in [7, 11) is 0. The number of likely N-dealkylation sites (tertiary alicyclic amines) is 1. The fourth-order valence-corrected chi connectivity index (χ4v) is 4.42. The molecule has 156 valence electrons. The van der Waals surface area contributed by atoms with Crippen molar-refractivity contribution in [3.8, 4) is 5.69 Å². The smallest absolute Gasteiger partial charge is 0.256 e. The maximum absolute atomic E-state index is 13.6. The Morgan fingerprint density at radius 2 is 1.90 bits per heavy atom. The number of rotatable bonds is 5. The van der Waals surface area contributed by atoms with Crippen LogP contribution in [0.25, 0.3) is 5.69 Å². The van der Waals surface area contributed by atoms with Gasteiger partial charge in [-0.15, -0.1) is 0 Å². The zero-order valence-corrected chi connectivity index (χ0v) is 18.2. The van der Waals surface area contributed by atoms with Gasteiger partial charge in [-0.2, -0.15) is 15.0 Å². The number of carbonyl (C=O) groups is 1. The van der Waals surface area contributed by atoms with Gasteiger partial charge in [0.05, 0.1) is 28.7 Å². The van der Waals surface area contributed by atoms with Crippen molar-refractivity contribution in [2.75, 3.05) is 6.54 Å². The van der Waals surface area contributed by atoms with Crippen molar-refractivity contribution in [2.24, 2.45) is 5.92 Å². The van der Waals surface area contributed by atoms with Crippen LogP contribution in [0.3, 0.4) is 0 Å². The summed E-state index contributed by atoms with van der Waals surface area (Å²) in [5.74, 6) is 0.367. The number of pyridine rings is 1. The Hall–Kier alpha value is -2.44. The number of aromatic nitrogens is 4. The van der Waals surface area contributed by atoms with Gasteiger partial charge in [0.2, 0.25) is 0 Å². The highest BCUT2D eigenvalue weighted by atomic mass is 35.5. The number of carbonyl (C=O) groups excluding carboxylic acids is 1. The largest absolute Gasteiger partial charge is 0.335 e. The maximum Gasteiger partial charge on any atom is 0.256 e. The van der Waals surface area contributed by atoms with Crippen LogP contribution in [0.4, 0.5) is 0 Å². The molecule has 0 spiro atoms. The van der Waals surface area contributed by atoms with Gasteiger partial charge in [0, 0.05) is 29.5 Å². The van der Waals surface area contributed by atoms with Crippen molar-refractivity contribution in [1.29, 1.82) is 0 Å². The second-order valence-corrected chi connectivity index (χ2v) is 8.54. The summed E-state index contributed by atoms with van der Waals surface area (Å²) in [6.45, 7) is 2.94. The Morgan fingerprint density at radius 1 is 1.13 bits per heavy atom. The van der Waals surface area contributed by atoms with Gasteiger partial charge in [-0.3, -0.25) is 9.78 Å². The van der Waals surface area contributed by atoms with E-state index in [-0.39, 0.29) is 11.9 Å². The molecule has 1 aromatic carbocycles. The zero-order chi connectivity index (χ0) is 21.1. The molecule has 8 heteroatoms. The number of amides is 1. The van der Waals surface area contributed by atoms with Crippen LogP contribution in [-0.2, 0) is 6.42 Å². The van der Waals surface area contributed by atoms with E-state index in [0.29, 0.717) is 27.2 Å². The van der Waals surface area contributed by atoms with Gasteiger partial charge in [0.15, 0.2) is 0 Å². The Morgan fingerprint density at radius 3 is 2.63 bits per heavy atom. The van der Waals surface area contributed by atoms with Crippen molar-refractivity contribution in [3.05, 3.63) is 70.2 Å². The molecule has 0 unspecified atom stereocenters. The first kappa shape index (κ1) is 20.8. The first-order valence-electron chi connectivity index (χ1n) is 10.1. The summed E-state index contributed by atoms with van der Waals surface area (Å²) < 4.78 is 0. The SMILES string of the molecule is C[C@@H]1CCCN(C(=O)c2cc(Cl)ccc2-n2nccn2)[C@@H]1CCc1ccc(Cl)cn1. The standard InChI is InChI=1S/C22H23Cl2N5O/c1-15-3-2-12-28(20(15)9-7-18-6-4-17(24)14-25-18)22(30)19-13-16(23)5-8-21(19)29-26-10-11-27-29/h4-6,8,10-11,13-15,20H,2-3,7,9,12H2,1H3/t15-,20-/m1/s1.